The monoisotopic (exact) mass is 1190 g/mol. The number of alkyl halides is 3. The van der Waals surface area contributed by atoms with E-state index in [1.165, 1.54) is 12.1 Å². The molecule has 6 aromatic heterocycles. The maximum absolute atomic E-state index is 15.3. The summed E-state index contributed by atoms with van der Waals surface area (Å²) in [6.45, 7) is 0. The second kappa shape index (κ2) is 22.7. The van der Waals surface area contributed by atoms with Gasteiger partial charge in [0.1, 0.15) is 6.07 Å². The SMILES string of the molecule is N#Cc1cc(-n2c3cc(-c4ccnc(-c5ccccc5)c4)ccc3c3ccc(-c4ccnc(-c5ccccc5)c4)cc32)c(-c2cccc(C(F)(F)F)c2)cc1-n1c2cc(-c3ccnc(-c4ccccc4)c3)ccc2c2ccc(-c3ccnc(-c4ccccc4)c3)cc21. The molecule has 16 rings (SSSR count). The molecule has 0 unspecified atom stereocenters. The molecule has 0 amide bonds. The third-order valence-electron chi connectivity index (χ3n) is 17.4. The van der Waals surface area contributed by atoms with E-state index in [0.29, 0.717) is 28.1 Å². The average Bonchev–Trinajstić information content (AvgIpc) is 2.89. The molecule has 0 radical (unpaired) electrons. The van der Waals surface area contributed by atoms with Gasteiger partial charge in [0.2, 0.25) is 0 Å². The smallest absolute Gasteiger partial charge is 0.309 e. The van der Waals surface area contributed by atoms with Crippen molar-refractivity contribution in [2.45, 2.75) is 6.18 Å². The van der Waals surface area contributed by atoms with Crippen LogP contribution in [0.15, 0.2) is 304 Å². The molecule has 0 spiro atoms. The third kappa shape index (κ3) is 10.0. The molecule has 0 aliphatic rings. The lowest BCUT2D eigenvalue weighted by atomic mass is 9.97. The number of fused-ring (bicyclic) bond motifs is 6. The summed E-state index contributed by atoms with van der Waals surface area (Å²) in [4.78, 5) is 19.0. The number of rotatable bonds is 11. The van der Waals surface area contributed by atoms with Gasteiger partial charge < -0.3 is 9.13 Å². The molecule has 0 aliphatic carbocycles. The molecule has 434 valence electrons. The van der Waals surface area contributed by atoms with Gasteiger partial charge in [-0.05, 0) is 147 Å². The van der Waals surface area contributed by atoms with Crippen molar-refractivity contribution in [1.29, 1.82) is 5.26 Å². The van der Waals surface area contributed by atoms with E-state index in [1.807, 2.05) is 183 Å². The van der Waals surface area contributed by atoms with Crippen molar-refractivity contribution in [3.05, 3.63) is 315 Å². The van der Waals surface area contributed by atoms with Gasteiger partial charge >= 0.3 is 6.18 Å². The van der Waals surface area contributed by atoms with Crippen LogP contribution < -0.4 is 0 Å². The minimum atomic E-state index is -4.67. The van der Waals surface area contributed by atoms with Crippen LogP contribution in [0.3, 0.4) is 0 Å². The molecule has 10 aromatic carbocycles. The average molecular weight is 1190 g/mol. The molecule has 10 heteroatoms. The zero-order valence-electron chi connectivity index (χ0n) is 49.1. The minimum absolute atomic E-state index is 0.293. The molecule has 0 N–H and O–H groups in total. The van der Waals surface area contributed by atoms with Crippen LogP contribution in [0.5, 0.6) is 0 Å². The second-order valence-electron chi connectivity index (χ2n) is 22.9. The number of halogens is 3. The summed E-state index contributed by atoms with van der Waals surface area (Å²) in [5.74, 6) is 0. The highest BCUT2D eigenvalue weighted by Crippen LogP contribution is 2.45. The first kappa shape index (κ1) is 55.0. The Balaban J connectivity index is 0.980. The highest BCUT2D eigenvalue weighted by atomic mass is 19.4. The molecule has 0 saturated heterocycles. The Bertz CT molecular complexity index is 5300. The molecular weight excluding hydrogens is 1140 g/mol. The topological polar surface area (TPSA) is 85.2 Å². The van der Waals surface area contributed by atoms with Crippen molar-refractivity contribution in [2.24, 2.45) is 0 Å². The van der Waals surface area contributed by atoms with E-state index in [2.05, 4.69) is 112 Å². The van der Waals surface area contributed by atoms with E-state index < -0.39 is 11.7 Å². The first-order valence-electron chi connectivity index (χ1n) is 30.2. The number of pyridine rings is 4. The van der Waals surface area contributed by atoms with E-state index in [9.17, 15) is 5.26 Å². The Kier molecular flexibility index (Phi) is 13.6. The van der Waals surface area contributed by atoms with Crippen LogP contribution in [0.2, 0.25) is 0 Å². The Morgan fingerprint density at radius 3 is 0.924 bits per heavy atom. The van der Waals surface area contributed by atoms with Gasteiger partial charge in [-0.1, -0.05) is 182 Å². The number of hydrogen-bond acceptors (Lipinski definition) is 5. The maximum Gasteiger partial charge on any atom is 0.416 e. The van der Waals surface area contributed by atoms with Crippen molar-refractivity contribution in [3.8, 4) is 118 Å². The fourth-order valence-electron chi connectivity index (χ4n) is 12.9. The fraction of sp³-hybridized carbons (Fsp3) is 0.0122. The normalized spacial score (nSPS) is 11.6. The predicted molar refractivity (Wildman–Crippen MR) is 365 cm³/mol. The van der Waals surface area contributed by atoms with Crippen molar-refractivity contribution in [3.63, 3.8) is 0 Å². The van der Waals surface area contributed by atoms with Crippen LogP contribution in [0.4, 0.5) is 13.2 Å². The highest BCUT2D eigenvalue weighted by molar-refractivity contribution is 6.13. The first-order valence-corrected chi connectivity index (χ1v) is 30.2. The van der Waals surface area contributed by atoms with Crippen LogP contribution >= 0.6 is 0 Å². The van der Waals surface area contributed by atoms with Gasteiger partial charge in [0.05, 0.1) is 67.3 Å². The summed E-state index contributed by atoms with van der Waals surface area (Å²) in [5.41, 5.74) is 18.8. The Morgan fingerprint density at radius 2 is 0.598 bits per heavy atom. The van der Waals surface area contributed by atoms with Crippen LogP contribution in [-0.2, 0) is 6.18 Å². The molecule has 7 nitrogen and oxygen atoms in total. The summed E-state index contributed by atoms with van der Waals surface area (Å²) in [6, 6.07) is 93.7. The first-order chi connectivity index (χ1) is 45.2. The maximum atomic E-state index is 15.3. The van der Waals surface area contributed by atoms with Gasteiger partial charge in [-0.15, -0.1) is 0 Å². The van der Waals surface area contributed by atoms with E-state index in [4.69, 9.17) is 19.9 Å². The van der Waals surface area contributed by atoms with Gasteiger partial charge in [0.25, 0.3) is 0 Å². The molecule has 16 aromatic rings. The zero-order valence-corrected chi connectivity index (χ0v) is 49.1. The van der Waals surface area contributed by atoms with Crippen LogP contribution in [-0.4, -0.2) is 29.1 Å². The lowest BCUT2D eigenvalue weighted by Gasteiger charge is -2.20. The van der Waals surface area contributed by atoms with Gasteiger partial charge in [-0.3, -0.25) is 19.9 Å². The van der Waals surface area contributed by atoms with Crippen LogP contribution in [0.25, 0.3) is 156 Å². The summed E-state index contributed by atoms with van der Waals surface area (Å²) < 4.78 is 50.0. The number of hydrogen-bond donors (Lipinski definition) is 0. The van der Waals surface area contributed by atoms with E-state index in [1.54, 1.807) is 6.07 Å². The van der Waals surface area contributed by atoms with Gasteiger partial charge in [0, 0.05) is 74.1 Å². The van der Waals surface area contributed by atoms with Crippen molar-refractivity contribution < 1.29 is 13.2 Å². The Hall–Kier alpha value is -12.3. The van der Waals surface area contributed by atoms with Crippen LogP contribution in [0, 0.1) is 11.3 Å². The quantitative estimate of drug-likeness (QED) is 0.129. The molecule has 0 saturated carbocycles. The summed E-state index contributed by atoms with van der Waals surface area (Å²) in [6.07, 6.45) is 2.58. The molecule has 6 heterocycles. The highest BCUT2D eigenvalue weighted by Gasteiger charge is 2.31. The standard InChI is InChI=1S/C82H50F3N7/c83-82(84,85)66-23-13-22-64(40-66)71-50-76(91-77-45-56(60-32-36-87-72(41-60)52-14-5-1-6-15-52)24-28-67(77)68-29-25-57(46-78(68)91)61-33-37-88-73(42-61)53-16-7-2-8-17-53)65(51-86)49-81(71)92-79-47-58(62-34-38-89-74(43-62)54-18-9-3-10-19-54)26-30-69(79)70-31-27-59(48-80(70)92)63-35-39-90-75(44-63)55-20-11-4-12-21-55/h1-50H. The largest absolute Gasteiger partial charge is 0.416 e. The second-order valence-corrected chi connectivity index (χ2v) is 22.9. The van der Waals surface area contributed by atoms with Crippen molar-refractivity contribution >= 4 is 43.6 Å². The predicted octanol–water partition coefficient (Wildman–Crippen LogP) is 21.4. The van der Waals surface area contributed by atoms with E-state index in [0.717, 1.165) is 139 Å². The summed E-state index contributed by atoms with van der Waals surface area (Å²) in [7, 11) is 0. The summed E-state index contributed by atoms with van der Waals surface area (Å²) in [5, 5.41) is 15.6. The molecule has 92 heavy (non-hydrogen) atoms. The Labute approximate surface area is 527 Å². The van der Waals surface area contributed by atoms with Crippen molar-refractivity contribution in [1.82, 2.24) is 29.1 Å². The van der Waals surface area contributed by atoms with Crippen LogP contribution in [0.1, 0.15) is 11.1 Å². The van der Waals surface area contributed by atoms with Gasteiger partial charge in [-0.25, -0.2) is 0 Å². The summed E-state index contributed by atoms with van der Waals surface area (Å²) >= 11 is 0. The molecule has 0 atom stereocenters. The van der Waals surface area contributed by atoms with E-state index >= 15 is 13.2 Å². The molecule has 0 fully saturated rings. The van der Waals surface area contributed by atoms with E-state index in [-0.39, 0.29) is 0 Å². The lowest BCUT2D eigenvalue weighted by molar-refractivity contribution is -0.137. The Morgan fingerprint density at radius 1 is 0.283 bits per heavy atom. The lowest BCUT2D eigenvalue weighted by Crippen LogP contribution is -2.06. The molecule has 0 bridgehead atoms. The molecule has 0 aliphatic heterocycles. The van der Waals surface area contributed by atoms with Gasteiger partial charge in [-0.2, -0.15) is 18.4 Å². The number of nitriles is 1. The number of nitrogens with zero attached hydrogens (tertiary/aromatic N) is 7. The number of aromatic nitrogens is 6. The fourth-order valence-corrected chi connectivity index (χ4v) is 12.9. The number of benzene rings is 10. The zero-order chi connectivity index (χ0) is 61.9. The minimum Gasteiger partial charge on any atom is -0.309 e. The molecular formula is C82H50F3N7. The van der Waals surface area contributed by atoms with Gasteiger partial charge in [0.15, 0.2) is 0 Å². The third-order valence-corrected chi connectivity index (χ3v) is 17.4. The van der Waals surface area contributed by atoms with Crippen molar-refractivity contribution in [2.75, 3.05) is 0 Å².